The molecule has 0 aliphatic carbocycles. The van der Waals surface area contributed by atoms with E-state index >= 15 is 0 Å². The first kappa shape index (κ1) is 23.6. The predicted molar refractivity (Wildman–Crippen MR) is 124 cm³/mol. The van der Waals surface area contributed by atoms with Crippen molar-refractivity contribution in [2.75, 3.05) is 26.0 Å². The van der Waals surface area contributed by atoms with E-state index in [1.807, 2.05) is 37.4 Å². The monoisotopic (exact) mass is 462 g/mol. The number of benzene rings is 2. The zero-order valence-corrected chi connectivity index (χ0v) is 19.7. The third-order valence-corrected chi connectivity index (χ3v) is 8.05. The normalized spacial score (nSPS) is 16.3. The summed E-state index contributed by atoms with van der Waals surface area (Å²) in [5.41, 5.74) is 1.02. The van der Waals surface area contributed by atoms with Crippen molar-refractivity contribution in [2.45, 2.75) is 48.4 Å². The first-order valence-electron chi connectivity index (χ1n) is 10.6. The molecular weight excluding hydrogens is 432 g/mol. The van der Waals surface area contributed by atoms with Gasteiger partial charge in [0.25, 0.3) is 5.91 Å². The van der Waals surface area contributed by atoms with E-state index in [4.69, 9.17) is 4.74 Å². The minimum absolute atomic E-state index is 0.131. The van der Waals surface area contributed by atoms with Gasteiger partial charge < -0.3 is 10.1 Å². The quantitative estimate of drug-likeness (QED) is 0.594. The Labute approximate surface area is 189 Å². The van der Waals surface area contributed by atoms with Gasteiger partial charge in [0, 0.05) is 18.0 Å². The van der Waals surface area contributed by atoms with Crippen LogP contribution in [0.2, 0.25) is 0 Å². The van der Waals surface area contributed by atoms with Crippen LogP contribution in [-0.4, -0.2) is 44.6 Å². The van der Waals surface area contributed by atoms with E-state index in [0.717, 1.165) is 31.2 Å². The highest BCUT2D eigenvalue weighted by Gasteiger charge is 2.25. The third-order valence-electron chi connectivity index (χ3n) is 5.39. The van der Waals surface area contributed by atoms with E-state index in [2.05, 4.69) is 5.32 Å². The number of nitrogens with zero attached hydrogens (tertiary/aromatic N) is 1. The average molecular weight is 463 g/mol. The molecule has 3 rings (SSSR count). The molecule has 1 aliphatic heterocycles. The van der Waals surface area contributed by atoms with Crippen LogP contribution < -0.4 is 10.1 Å². The summed E-state index contributed by atoms with van der Waals surface area (Å²) in [6.45, 7) is 2.93. The Balaban J connectivity index is 1.52. The average Bonchev–Trinajstić information content (AvgIpc) is 3.08. The molecule has 0 bridgehead atoms. The first-order valence-corrected chi connectivity index (χ1v) is 13.2. The Morgan fingerprint density at radius 3 is 2.23 bits per heavy atom. The Morgan fingerprint density at radius 2 is 1.65 bits per heavy atom. The smallest absolute Gasteiger partial charge is 0.258 e. The lowest BCUT2D eigenvalue weighted by molar-refractivity contribution is -0.123. The summed E-state index contributed by atoms with van der Waals surface area (Å²) >= 11 is 1.67. The van der Waals surface area contributed by atoms with Crippen molar-refractivity contribution in [1.29, 1.82) is 0 Å². The first-order chi connectivity index (χ1) is 14.9. The molecule has 0 radical (unpaired) electrons. The molecule has 1 atom stereocenters. The zero-order chi connectivity index (χ0) is 22.3. The molecule has 1 amide bonds. The molecule has 0 aromatic heterocycles. The van der Waals surface area contributed by atoms with Crippen LogP contribution in [0.3, 0.4) is 0 Å². The second-order valence-corrected chi connectivity index (χ2v) is 10.5. The number of carbonyl (C=O) groups excluding carboxylic acids is 1. The van der Waals surface area contributed by atoms with Crippen LogP contribution in [0.1, 0.15) is 44.2 Å². The van der Waals surface area contributed by atoms with E-state index in [1.54, 1.807) is 40.3 Å². The molecule has 6 nitrogen and oxygen atoms in total. The summed E-state index contributed by atoms with van der Waals surface area (Å²) in [5.74, 6) is 0.227. The molecule has 8 heteroatoms. The van der Waals surface area contributed by atoms with Gasteiger partial charge in [0.15, 0.2) is 6.61 Å². The lowest BCUT2D eigenvalue weighted by atomic mass is 10.1. The molecular formula is C23H30N2O4S2. The van der Waals surface area contributed by atoms with E-state index in [-0.39, 0.29) is 23.5 Å². The lowest BCUT2D eigenvalue weighted by Crippen LogP contribution is -2.32. The molecule has 2 aromatic rings. The van der Waals surface area contributed by atoms with Crippen LogP contribution in [0.5, 0.6) is 5.75 Å². The highest BCUT2D eigenvalue weighted by atomic mass is 32.2. The molecule has 1 heterocycles. The van der Waals surface area contributed by atoms with Gasteiger partial charge in [-0.2, -0.15) is 4.31 Å². The van der Waals surface area contributed by atoms with Crippen molar-refractivity contribution in [3.8, 4) is 5.75 Å². The van der Waals surface area contributed by atoms with Crippen LogP contribution in [-0.2, 0) is 14.8 Å². The van der Waals surface area contributed by atoms with E-state index in [0.29, 0.717) is 18.8 Å². The number of rotatable bonds is 8. The van der Waals surface area contributed by atoms with Gasteiger partial charge in [-0.3, -0.25) is 4.79 Å². The Hall–Kier alpha value is -2.03. The van der Waals surface area contributed by atoms with Crippen molar-refractivity contribution in [3.63, 3.8) is 0 Å². The maximum atomic E-state index is 12.8. The van der Waals surface area contributed by atoms with Crippen LogP contribution in [0, 0.1) is 0 Å². The largest absolute Gasteiger partial charge is 0.484 e. The summed E-state index contributed by atoms with van der Waals surface area (Å²) in [7, 11) is -3.49. The van der Waals surface area contributed by atoms with Gasteiger partial charge in [-0.25, -0.2) is 8.42 Å². The van der Waals surface area contributed by atoms with Crippen molar-refractivity contribution < 1.29 is 17.9 Å². The second-order valence-electron chi connectivity index (χ2n) is 7.64. The number of nitrogens with one attached hydrogen (secondary N) is 1. The second kappa shape index (κ2) is 11.0. The number of ether oxygens (including phenoxy) is 1. The topological polar surface area (TPSA) is 75.7 Å². The van der Waals surface area contributed by atoms with Gasteiger partial charge in [0.1, 0.15) is 5.75 Å². The van der Waals surface area contributed by atoms with E-state index in [9.17, 15) is 13.2 Å². The number of amides is 1. The molecule has 0 spiro atoms. The fourth-order valence-corrected chi connectivity index (χ4v) is 5.47. The highest BCUT2D eigenvalue weighted by molar-refractivity contribution is 7.98. The number of hydrogen-bond acceptors (Lipinski definition) is 5. The standard InChI is InChI=1S/C23H30N2O4S2/c1-18(19-7-11-21(30-2)12-8-19)24-23(26)17-29-20-9-13-22(14-10-20)31(27,28)25-15-5-3-4-6-16-25/h7-14,18H,3-6,15-17H2,1-2H3,(H,24,26)/t18-/m1/s1. The fourth-order valence-electron chi connectivity index (χ4n) is 3.55. The maximum Gasteiger partial charge on any atom is 0.258 e. The SMILES string of the molecule is CSc1ccc([C@@H](C)NC(=O)COc2ccc(S(=O)(=O)N3CCCCCC3)cc2)cc1. The van der Waals surface area contributed by atoms with Crippen LogP contribution >= 0.6 is 11.8 Å². The molecule has 31 heavy (non-hydrogen) atoms. The summed E-state index contributed by atoms with van der Waals surface area (Å²) in [4.78, 5) is 13.7. The van der Waals surface area contributed by atoms with Gasteiger partial charge in [-0.05, 0) is 68.0 Å². The molecule has 0 saturated carbocycles. The van der Waals surface area contributed by atoms with Crippen LogP contribution in [0.4, 0.5) is 0 Å². The Kier molecular flexibility index (Phi) is 8.40. The molecule has 2 aromatic carbocycles. The maximum absolute atomic E-state index is 12.8. The summed E-state index contributed by atoms with van der Waals surface area (Å²) < 4.78 is 32.8. The fraction of sp³-hybridized carbons (Fsp3) is 0.435. The zero-order valence-electron chi connectivity index (χ0n) is 18.0. The number of thioether (sulfide) groups is 1. The van der Waals surface area contributed by atoms with Crippen molar-refractivity contribution >= 4 is 27.7 Å². The summed E-state index contributed by atoms with van der Waals surface area (Å²) in [6, 6.07) is 14.2. The predicted octanol–water partition coefficient (Wildman–Crippen LogP) is 4.23. The molecule has 168 valence electrons. The van der Waals surface area contributed by atoms with Gasteiger partial charge in [0.05, 0.1) is 10.9 Å². The van der Waals surface area contributed by atoms with Crippen molar-refractivity contribution in [1.82, 2.24) is 9.62 Å². The van der Waals surface area contributed by atoms with Crippen molar-refractivity contribution in [2.24, 2.45) is 0 Å². The summed E-state index contributed by atoms with van der Waals surface area (Å²) in [5, 5.41) is 2.92. The van der Waals surface area contributed by atoms with Crippen LogP contribution in [0.15, 0.2) is 58.3 Å². The molecule has 0 unspecified atom stereocenters. The van der Waals surface area contributed by atoms with Gasteiger partial charge in [0.2, 0.25) is 10.0 Å². The minimum Gasteiger partial charge on any atom is -0.484 e. The number of hydrogen-bond donors (Lipinski definition) is 1. The van der Waals surface area contributed by atoms with Gasteiger partial charge >= 0.3 is 0 Å². The summed E-state index contributed by atoms with van der Waals surface area (Å²) in [6.07, 6.45) is 5.96. The van der Waals surface area contributed by atoms with Crippen LogP contribution in [0.25, 0.3) is 0 Å². The number of carbonyl (C=O) groups is 1. The van der Waals surface area contributed by atoms with Gasteiger partial charge in [-0.1, -0.05) is 25.0 Å². The lowest BCUT2D eigenvalue weighted by Gasteiger charge is -2.20. The van der Waals surface area contributed by atoms with E-state index in [1.165, 1.54) is 4.90 Å². The highest BCUT2D eigenvalue weighted by Crippen LogP contribution is 2.23. The molecule has 1 N–H and O–H groups in total. The third kappa shape index (κ3) is 6.48. The number of sulfonamides is 1. The Bertz CT molecular complexity index is 952. The molecule has 1 saturated heterocycles. The Morgan fingerprint density at radius 1 is 1.03 bits per heavy atom. The molecule has 1 fully saturated rings. The minimum atomic E-state index is -3.49. The van der Waals surface area contributed by atoms with E-state index < -0.39 is 10.0 Å². The van der Waals surface area contributed by atoms with Crippen molar-refractivity contribution in [3.05, 3.63) is 54.1 Å². The van der Waals surface area contributed by atoms with Gasteiger partial charge in [-0.15, -0.1) is 11.8 Å². The molecule has 1 aliphatic rings.